The molecule has 32 heavy (non-hydrogen) atoms. The molecule has 1 amide bonds. The molecule has 4 rings (SSSR count). The van der Waals surface area contributed by atoms with Crippen LogP contribution in [0, 0.1) is 0 Å². The van der Waals surface area contributed by atoms with Gasteiger partial charge in [-0.3, -0.25) is 19.6 Å². The topological polar surface area (TPSA) is 134 Å². The fourth-order valence-corrected chi connectivity index (χ4v) is 3.24. The van der Waals surface area contributed by atoms with Crippen LogP contribution in [0.4, 0.5) is 0 Å². The van der Waals surface area contributed by atoms with Crippen molar-refractivity contribution in [1.29, 1.82) is 0 Å². The lowest BCUT2D eigenvalue weighted by atomic mass is 10.0. The molecule has 0 saturated carbocycles. The summed E-state index contributed by atoms with van der Waals surface area (Å²) in [4.78, 5) is 21.2. The van der Waals surface area contributed by atoms with E-state index in [1.807, 2.05) is 36.5 Å². The van der Waals surface area contributed by atoms with Crippen LogP contribution >= 0.6 is 0 Å². The van der Waals surface area contributed by atoms with Gasteiger partial charge in [-0.05, 0) is 30.3 Å². The zero-order valence-corrected chi connectivity index (χ0v) is 17.6. The van der Waals surface area contributed by atoms with Crippen molar-refractivity contribution >= 4 is 5.91 Å². The van der Waals surface area contributed by atoms with E-state index in [9.17, 15) is 4.79 Å². The minimum Gasteiger partial charge on any atom is -0.382 e. The first-order valence-corrected chi connectivity index (χ1v) is 10.0. The Morgan fingerprint density at radius 2 is 1.97 bits per heavy atom. The number of carbonyl (C=O) groups is 1. The lowest BCUT2D eigenvalue weighted by Gasteiger charge is -2.08. The van der Waals surface area contributed by atoms with Crippen LogP contribution in [-0.2, 0) is 16.0 Å². The number of nitrogens with two attached hydrogens (primary N) is 1. The molecule has 4 heterocycles. The molecule has 0 bridgehead atoms. The van der Waals surface area contributed by atoms with Crippen molar-refractivity contribution in [3.05, 3.63) is 60.7 Å². The number of pyridine rings is 2. The monoisotopic (exact) mass is 433 g/mol. The van der Waals surface area contributed by atoms with Crippen LogP contribution in [0.15, 0.2) is 55.0 Å². The number of hydrogen-bond acceptors (Lipinski definition) is 7. The van der Waals surface area contributed by atoms with Gasteiger partial charge in [0.2, 0.25) is 0 Å². The number of ether oxygens (including phenoxy) is 2. The van der Waals surface area contributed by atoms with E-state index in [0.29, 0.717) is 60.3 Å². The minimum atomic E-state index is -0.635. The van der Waals surface area contributed by atoms with Gasteiger partial charge in [0.05, 0.1) is 43.4 Å². The molecule has 0 spiro atoms. The van der Waals surface area contributed by atoms with E-state index < -0.39 is 5.91 Å². The molecule has 4 aromatic heterocycles. The lowest BCUT2D eigenvalue weighted by Crippen LogP contribution is -2.15. The van der Waals surface area contributed by atoms with Gasteiger partial charge in [-0.15, -0.1) is 0 Å². The number of nitrogens with one attached hydrogen (secondary N) is 1. The third-order valence-electron chi connectivity index (χ3n) is 4.76. The molecule has 0 aliphatic carbocycles. The zero-order valence-electron chi connectivity index (χ0n) is 17.6. The van der Waals surface area contributed by atoms with Crippen molar-refractivity contribution in [1.82, 2.24) is 29.9 Å². The molecular formula is C22H23N7O3. The van der Waals surface area contributed by atoms with Gasteiger partial charge in [-0.25, -0.2) is 4.98 Å². The van der Waals surface area contributed by atoms with E-state index in [2.05, 4.69) is 20.2 Å². The summed E-state index contributed by atoms with van der Waals surface area (Å²) >= 11 is 0. The summed E-state index contributed by atoms with van der Waals surface area (Å²) in [5.41, 5.74) is 9.68. The van der Waals surface area contributed by atoms with Crippen molar-refractivity contribution in [2.75, 3.05) is 26.9 Å². The number of primary amides is 1. The van der Waals surface area contributed by atoms with Gasteiger partial charge >= 0.3 is 0 Å². The third-order valence-corrected chi connectivity index (χ3v) is 4.76. The highest BCUT2D eigenvalue weighted by molar-refractivity contribution is 6.00. The molecular weight excluding hydrogens is 410 g/mol. The number of aromatic amines is 1. The van der Waals surface area contributed by atoms with E-state index in [0.717, 1.165) is 0 Å². The van der Waals surface area contributed by atoms with Gasteiger partial charge < -0.3 is 15.2 Å². The predicted molar refractivity (Wildman–Crippen MR) is 117 cm³/mol. The number of carbonyl (C=O) groups excluding carboxylic acids is 1. The van der Waals surface area contributed by atoms with E-state index in [1.54, 1.807) is 30.3 Å². The Kier molecular flexibility index (Phi) is 6.63. The van der Waals surface area contributed by atoms with Gasteiger partial charge in [0.15, 0.2) is 0 Å². The fourth-order valence-electron chi connectivity index (χ4n) is 3.24. The van der Waals surface area contributed by atoms with Crippen LogP contribution in [0.5, 0.6) is 0 Å². The smallest absolute Gasteiger partial charge is 0.267 e. The van der Waals surface area contributed by atoms with Crippen LogP contribution in [0.25, 0.3) is 33.9 Å². The fraction of sp³-hybridized carbons (Fsp3) is 0.227. The summed E-state index contributed by atoms with van der Waals surface area (Å²) in [5, 5.41) is 11.5. The first-order chi connectivity index (χ1) is 15.7. The number of aromatic nitrogens is 6. The van der Waals surface area contributed by atoms with E-state index in [-0.39, 0.29) is 5.69 Å². The molecule has 10 nitrogen and oxygen atoms in total. The van der Waals surface area contributed by atoms with Gasteiger partial charge in [0.25, 0.3) is 5.91 Å². The van der Waals surface area contributed by atoms with Crippen molar-refractivity contribution in [3.63, 3.8) is 0 Å². The predicted octanol–water partition coefficient (Wildman–Crippen LogP) is 2.16. The Bertz CT molecular complexity index is 1170. The third kappa shape index (κ3) is 4.71. The minimum absolute atomic E-state index is 0.144. The highest BCUT2D eigenvalue weighted by Crippen LogP contribution is 2.33. The van der Waals surface area contributed by atoms with Crippen molar-refractivity contribution in [2.45, 2.75) is 6.54 Å². The highest BCUT2D eigenvalue weighted by Gasteiger charge is 2.21. The molecule has 0 atom stereocenters. The van der Waals surface area contributed by atoms with Crippen LogP contribution in [0.3, 0.4) is 0 Å². The normalized spacial score (nSPS) is 11.0. The van der Waals surface area contributed by atoms with E-state index >= 15 is 0 Å². The molecule has 0 aliphatic heterocycles. The molecule has 4 aromatic rings. The molecule has 10 heteroatoms. The standard InChI is InChI=1S/C22H23N7O3/c1-31-12-13-32-11-10-29-14-16(20(28-29)19-4-2-3-8-24-19)15-5-6-17(18-7-9-25-27-18)26-21(15)22(23)30/h2-9,14H,10-13H2,1H3,(H2,23,30)(H,25,27). The number of methoxy groups -OCH3 is 1. The maximum atomic E-state index is 12.3. The molecule has 0 fully saturated rings. The molecule has 0 unspecified atom stereocenters. The SMILES string of the molecule is COCCOCCn1cc(-c2ccc(-c3ccn[nH]3)nc2C(N)=O)c(-c2ccccn2)n1. The summed E-state index contributed by atoms with van der Waals surface area (Å²) in [5.74, 6) is -0.635. The quantitative estimate of drug-likeness (QED) is 0.366. The largest absolute Gasteiger partial charge is 0.382 e. The Morgan fingerprint density at radius 1 is 1.06 bits per heavy atom. The average Bonchev–Trinajstić information content (AvgIpc) is 3.50. The van der Waals surface area contributed by atoms with E-state index in [1.165, 1.54) is 0 Å². The van der Waals surface area contributed by atoms with Crippen LogP contribution in [-0.4, -0.2) is 62.8 Å². The molecule has 0 saturated heterocycles. The lowest BCUT2D eigenvalue weighted by molar-refractivity contribution is 0.0654. The van der Waals surface area contributed by atoms with Gasteiger partial charge in [-0.2, -0.15) is 10.2 Å². The van der Waals surface area contributed by atoms with Crippen molar-refractivity contribution in [3.8, 4) is 33.9 Å². The average molecular weight is 433 g/mol. The maximum absolute atomic E-state index is 12.3. The van der Waals surface area contributed by atoms with Gasteiger partial charge in [-0.1, -0.05) is 6.07 Å². The summed E-state index contributed by atoms with van der Waals surface area (Å²) in [6, 6.07) is 11.0. The second-order valence-corrected chi connectivity index (χ2v) is 6.90. The van der Waals surface area contributed by atoms with Crippen LogP contribution in [0.2, 0.25) is 0 Å². The zero-order chi connectivity index (χ0) is 22.3. The molecule has 0 radical (unpaired) electrons. The van der Waals surface area contributed by atoms with Crippen LogP contribution < -0.4 is 5.73 Å². The Morgan fingerprint density at radius 3 is 2.69 bits per heavy atom. The number of hydrogen-bond donors (Lipinski definition) is 2. The molecule has 0 aliphatic rings. The Hall–Kier alpha value is -3.89. The number of nitrogens with zero attached hydrogens (tertiary/aromatic N) is 5. The van der Waals surface area contributed by atoms with Gasteiger partial charge in [0, 0.05) is 36.8 Å². The molecule has 0 aromatic carbocycles. The first kappa shape index (κ1) is 21.3. The maximum Gasteiger partial charge on any atom is 0.267 e. The summed E-state index contributed by atoms with van der Waals surface area (Å²) in [6.45, 7) is 2.02. The van der Waals surface area contributed by atoms with Crippen LogP contribution in [0.1, 0.15) is 10.5 Å². The van der Waals surface area contributed by atoms with Gasteiger partial charge in [0.1, 0.15) is 11.4 Å². The second kappa shape index (κ2) is 9.94. The summed E-state index contributed by atoms with van der Waals surface area (Å²) in [6.07, 6.45) is 5.16. The summed E-state index contributed by atoms with van der Waals surface area (Å²) in [7, 11) is 1.63. The first-order valence-electron chi connectivity index (χ1n) is 10.0. The van der Waals surface area contributed by atoms with Crippen molar-refractivity contribution < 1.29 is 14.3 Å². The number of rotatable bonds is 10. The number of H-pyrrole nitrogens is 1. The molecule has 3 N–H and O–H groups in total. The number of amides is 1. The van der Waals surface area contributed by atoms with Crippen molar-refractivity contribution in [2.24, 2.45) is 5.73 Å². The van der Waals surface area contributed by atoms with E-state index in [4.69, 9.17) is 20.3 Å². The molecule has 164 valence electrons. The Labute approximate surface area is 184 Å². The highest BCUT2D eigenvalue weighted by atomic mass is 16.5. The second-order valence-electron chi connectivity index (χ2n) is 6.90. The Balaban J connectivity index is 1.73. The summed E-state index contributed by atoms with van der Waals surface area (Å²) < 4.78 is 12.3.